The fourth-order valence-electron chi connectivity index (χ4n) is 5.80. The van der Waals surface area contributed by atoms with Crippen LogP contribution < -0.4 is 4.90 Å². The number of alkyl halides is 9. The van der Waals surface area contributed by atoms with Gasteiger partial charge in [0.15, 0.2) is 0 Å². The lowest BCUT2D eigenvalue weighted by molar-refractivity contribution is -0.308. The van der Waals surface area contributed by atoms with E-state index in [1.54, 1.807) is 11.0 Å². The average Bonchev–Trinajstić information content (AvgIpc) is 3.22. The summed E-state index contributed by atoms with van der Waals surface area (Å²) in [7, 11) is 0. The molecule has 0 radical (unpaired) electrons. The molecule has 0 atom stereocenters. The molecule has 0 aliphatic carbocycles. The van der Waals surface area contributed by atoms with Crippen LogP contribution in [0.15, 0.2) is 18.2 Å². The standard InChI is InChI=1S/C25H30F9N3O2/c26-23(27,28)18-5-4-17(14-19(18)36-9-2-1-3-10-36)15-35-11-6-22(16-35)7-12-37(13-8-22)21(38)39-20(24(29,30)31)25(32,33)34/h4-5,14,20H,1-3,6-13,15-16H2. The largest absolute Gasteiger partial charge is 0.434 e. The normalized spacial score (nSPS) is 21.2. The Morgan fingerprint density at radius 1 is 0.846 bits per heavy atom. The number of nitrogens with zero attached hydrogens (tertiary/aromatic N) is 3. The summed E-state index contributed by atoms with van der Waals surface area (Å²) in [6.45, 7) is 2.63. The van der Waals surface area contributed by atoms with E-state index in [4.69, 9.17) is 0 Å². The molecule has 1 aromatic carbocycles. The van der Waals surface area contributed by atoms with E-state index in [0.717, 1.165) is 35.8 Å². The molecule has 0 aromatic heterocycles. The van der Waals surface area contributed by atoms with Crippen LogP contribution in [-0.2, 0) is 17.5 Å². The maximum Gasteiger partial charge on any atom is 0.434 e. The van der Waals surface area contributed by atoms with Gasteiger partial charge in [-0.2, -0.15) is 39.5 Å². The van der Waals surface area contributed by atoms with Crippen LogP contribution in [0.4, 0.5) is 50.0 Å². The van der Waals surface area contributed by atoms with Gasteiger partial charge in [-0.3, -0.25) is 4.90 Å². The van der Waals surface area contributed by atoms with Crippen LogP contribution >= 0.6 is 0 Å². The zero-order valence-electron chi connectivity index (χ0n) is 21.1. The van der Waals surface area contributed by atoms with Crippen molar-refractivity contribution in [3.63, 3.8) is 0 Å². The number of benzene rings is 1. The number of amides is 1. The predicted octanol–water partition coefficient (Wildman–Crippen LogP) is 6.61. The van der Waals surface area contributed by atoms with Gasteiger partial charge in [0.05, 0.1) is 5.56 Å². The highest BCUT2D eigenvalue weighted by Crippen LogP contribution is 2.43. The summed E-state index contributed by atoms with van der Waals surface area (Å²) < 4.78 is 121. The van der Waals surface area contributed by atoms with Crippen LogP contribution in [0.2, 0.25) is 0 Å². The molecule has 3 fully saturated rings. The zero-order valence-corrected chi connectivity index (χ0v) is 21.1. The van der Waals surface area contributed by atoms with Crippen LogP contribution in [0.1, 0.15) is 49.7 Å². The van der Waals surface area contributed by atoms with E-state index < -0.39 is 36.3 Å². The number of rotatable bonds is 4. The minimum Gasteiger partial charge on any atom is -0.426 e. The van der Waals surface area contributed by atoms with Crippen LogP contribution in [0, 0.1) is 5.41 Å². The van der Waals surface area contributed by atoms with Gasteiger partial charge in [0.25, 0.3) is 6.10 Å². The first-order chi connectivity index (χ1) is 18.1. The number of carbonyl (C=O) groups is 1. The molecule has 0 saturated carbocycles. The molecular formula is C25H30F9N3O2. The summed E-state index contributed by atoms with van der Waals surface area (Å²) in [5.41, 5.74) is -0.0433. The minimum atomic E-state index is -5.77. The van der Waals surface area contributed by atoms with Crippen molar-refractivity contribution in [3.05, 3.63) is 29.3 Å². The molecule has 1 amide bonds. The van der Waals surface area contributed by atoms with Crippen LogP contribution in [0.25, 0.3) is 0 Å². The molecule has 14 heteroatoms. The number of likely N-dealkylation sites (tertiary alicyclic amines) is 2. The van der Waals surface area contributed by atoms with Crippen LogP contribution in [0.5, 0.6) is 0 Å². The van der Waals surface area contributed by atoms with Gasteiger partial charge in [-0.25, -0.2) is 4.79 Å². The number of carbonyl (C=O) groups excluding carboxylic acids is 1. The summed E-state index contributed by atoms with van der Waals surface area (Å²) >= 11 is 0. The highest BCUT2D eigenvalue weighted by molar-refractivity contribution is 5.68. The van der Waals surface area contributed by atoms with Crippen molar-refractivity contribution in [1.82, 2.24) is 9.80 Å². The van der Waals surface area contributed by atoms with Gasteiger partial charge >= 0.3 is 24.6 Å². The Kier molecular flexibility index (Phi) is 8.26. The smallest absolute Gasteiger partial charge is 0.426 e. The zero-order chi connectivity index (χ0) is 28.6. The van der Waals surface area contributed by atoms with Crippen molar-refractivity contribution < 1.29 is 49.0 Å². The van der Waals surface area contributed by atoms with E-state index >= 15 is 0 Å². The van der Waals surface area contributed by atoms with E-state index in [1.807, 2.05) is 0 Å². The van der Waals surface area contributed by atoms with E-state index in [-0.39, 0.29) is 24.2 Å². The molecule has 1 spiro atoms. The molecule has 3 heterocycles. The third-order valence-corrected chi connectivity index (χ3v) is 7.88. The second-order valence-corrected chi connectivity index (χ2v) is 10.7. The Labute approximate surface area is 219 Å². The Hall–Kier alpha value is -2.38. The van der Waals surface area contributed by atoms with Crippen LogP contribution in [-0.4, -0.2) is 73.6 Å². The molecule has 4 rings (SSSR count). The molecule has 3 aliphatic heterocycles. The maximum atomic E-state index is 13.7. The number of halogens is 9. The van der Waals surface area contributed by atoms with Crippen molar-refractivity contribution in [2.45, 2.75) is 69.7 Å². The summed E-state index contributed by atoms with van der Waals surface area (Å²) in [6, 6.07) is 4.18. The molecule has 0 N–H and O–H groups in total. The molecular weight excluding hydrogens is 545 g/mol. The maximum absolute atomic E-state index is 13.7. The fourth-order valence-corrected chi connectivity index (χ4v) is 5.80. The van der Waals surface area contributed by atoms with Gasteiger partial charge < -0.3 is 14.5 Å². The van der Waals surface area contributed by atoms with Crippen molar-refractivity contribution in [3.8, 4) is 0 Å². The van der Waals surface area contributed by atoms with Gasteiger partial charge in [0.2, 0.25) is 0 Å². The van der Waals surface area contributed by atoms with Gasteiger partial charge in [0.1, 0.15) is 0 Å². The lowest BCUT2D eigenvalue weighted by atomic mass is 9.78. The van der Waals surface area contributed by atoms with Gasteiger partial charge in [0, 0.05) is 45.0 Å². The topological polar surface area (TPSA) is 36.0 Å². The summed E-state index contributed by atoms with van der Waals surface area (Å²) in [5.74, 6) is 0. The molecule has 5 nitrogen and oxygen atoms in total. The Balaban J connectivity index is 1.36. The molecule has 220 valence electrons. The third-order valence-electron chi connectivity index (χ3n) is 7.88. The second-order valence-electron chi connectivity index (χ2n) is 10.7. The van der Waals surface area contributed by atoms with E-state index in [9.17, 15) is 44.3 Å². The first-order valence-electron chi connectivity index (χ1n) is 12.8. The lowest BCUT2D eigenvalue weighted by Crippen LogP contribution is -2.50. The molecule has 0 unspecified atom stereocenters. The van der Waals surface area contributed by atoms with Crippen molar-refractivity contribution in [1.29, 1.82) is 0 Å². The predicted molar refractivity (Wildman–Crippen MR) is 123 cm³/mol. The highest BCUT2D eigenvalue weighted by atomic mass is 19.4. The SMILES string of the molecule is O=C(OC(C(F)(F)F)C(F)(F)F)N1CCC2(CCN(Cc3ccc(C(F)(F)F)c(N4CCCCC4)c3)C2)CC1. The summed E-state index contributed by atoms with van der Waals surface area (Å²) in [5, 5.41) is 0. The Morgan fingerprint density at radius 2 is 1.44 bits per heavy atom. The van der Waals surface area contributed by atoms with Gasteiger partial charge in [-0.1, -0.05) is 6.07 Å². The first kappa shape index (κ1) is 29.6. The fraction of sp³-hybridized carbons (Fsp3) is 0.720. The van der Waals surface area contributed by atoms with Crippen molar-refractivity contribution in [2.75, 3.05) is 44.2 Å². The highest BCUT2D eigenvalue weighted by Gasteiger charge is 2.60. The number of piperidine rings is 2. The Morgan fingerprint density at radius 3 is 2.00 bits per heavy atom. The van der Waals surface area contributed by atoms with Gasteiger partial charge in [-0.15, -0.1) is 0 Å². The van der Waals surface area contributed by atoms with E-state index in [0.29, 0.717) is 52.0 Å². The van der Waals surface area contributed by atoms with Crippen molar-refractivity contribution >= 4 is 11.8 Å². The lowest BCUT2D eigenvalue weighted by Gasteiger charge is -2.39. The molecule has 3 aliphatic rings. The Bertz CT molecular complexity index is 998. The minimum absolute atomic E-state index is 0.0471. The van der Waals surface area contributed by atoms with E-state index in [1.165, 1.54) is 6.07 Å². The number of anilines is 1. The second kappa shape index (κ2) is 10.9. The van der Waals surface area contributed by atoms with Crippen molar-refractivity contribution in [2.24, 2.45) is 5.41 Å². The van der Waals surface area contributed by atoms with Gasteiger partial charge in [-0.05, 0) is 68.2 Å². The van der Waals surface area contributed by atoms with E-state index in [2.05, 4.69) is 9.64 Å². The summed E-state index contributed by atoms with van der Waals surface area (Å²) in [4.78, 5) is 16.8. The number of hydrogen-bond donors (Lipinski definition) is 0. The van der Waals surface area contributed by atoms with Crippen LogP contribution in [0.3, 0.4) is 0 Å². The quantitative estimate of drug-likeness (QED) is 0.379. The molecule has 3 saturated heterocycles. The summed E-state index contributed by atoms with van der Waals surface area (Å²) in [6.07, 6.45) is -17.8. The monoisotopic (exact) mass is 575 g/mol. The number of ether oxygens (including phenoxy) is 1. The molecule has 39 heavy (non-hydrogen) atoms. The first-order valence-corrected chi connectivity index (χ1v) is 12.8. The molecule has 1 aromatic rings. The molecule has 0 bridgehead atoms. The third kappa shape index (κ3) is 7.04. The average molecular weight is 576 g/mol. The number of hydrogen-bond acceptors (Lipinski definition) is 4.